The highest BCUT2D eigenvalue weighted by Gasteiger charge is 2.35. The summed E-state index contributed by atoms with van der Waals surface area (Å²) in [5, 5.41) is 0. The minimum atomic E-state index is -0.0461. The van der Waals surface area contributed by atoms with Gasteiger partial charge in [-0.1, -0.05) is 92.2 Å². The molecule has 0 amide bonds. The van der Waals surface area contributed by atoms with Gasteiger partial charge in [0.05, 0.1) is 5.69 Å². The first kappa shape index (κ1) is 25.2. The third kappa shape index (κ3) is 4.08. The molecule has 5 aromatic rings. The van der Waals surface area contributed by atoms with Crippen LogP contribution in [0.1, 0.15) is 52.8 Å². The summed E-state index contributed by atoms with van der Waals surface area (Å²) in [6.07, 6.45) is 0. The van der Waals surface area contributed by atoms with Gasteiger partial charge in [0.25, 0.3) is 0 Å². The predicted molar refractivity (Wildman–Crippen MR) is 168 cm³/mol. The largest absolute Gasteiger partial charge is 0.310 e. The first-order valence-electron chi connectivity index (χ1n) is 14.0. The number of nitrogens with zero attached hydrogens (tertiary/aromatic N) is 1. The van der Waals surface area contributed by atoms with Crippen molar-refractivity contribution in [2.24, 2.45) is 0 Å². The van der Waals surface area contributed by atoms with Crippen molar-refractivity contribution in [3.8, 4) is 22.3 Å². The molecule has 0 spiro atoms. The van der Waals surface area contributed by atoms with Gasteiger partial charge in [-0.2, -0.15) is 0 Å². The Morgan fingerprint density at radius 3 is 1.69 bits per heavy atom. The van der Waals surface area contributed by atoms with E-state index in [0.29, 0.717) is 0 Å². The molecular formula is C38H37N. The molecule has 1 nitrogen and oxygen atoms in total. The van der Waals surface area contributed by atoms with Crippen LogP contribution in [0.3, 0.4) is 0 Å². The summed E-state index contributed by atoms with van der Waals surface area (Å²) >= 11 is 0. The number of benzene rings is 5. The highest BCUT2D eigenvalue weighted by Crippen LogP contribution is 2.51. The van der Waals surface area contributed by atoms with Crippen molar-refractivity contribution in [3.63, 3.8) is 0 Å². The molecule has 0 N–H and O–H groups in total. The van der Waals surface area contributed by atoms with Gasteiger partial charge in [-0.05, 0) is 115 Å². The van der Waals surface area contributed by atoms with E-state index in [9.17, 15) is 0 Å². The lowest BCUT2D eigenvalue weighted by Gasteiger charge is -2.31. The van der Waals surface area contributed by atoms with Crippen molar-refractivity contribution in [3.05, 3.63) is 136 Å². The van der Waals surface area contributed by atoms with Crippen molar-refractivity contribution >= 4 is 17.1 Å². The van der Waals surface area contributed by atoms with Crippen LogP contribution < -0.4 is 4.90 Å². The van der Waals surface area contributed by atoms with Crippen LogP contribution in [0.15, 0.2) is 97.1 Å². The predicted octanol–water partition coefficient (Wildman–Crippen LogP) is 10.7. The van der Waals surface area contributed by atoms with E-state index in [1.807, 2.05) is 0 Å². The maximum atomic E-state index is 2.48. The molecule has 0 unspecified atom stereocenters. The number of aryl methyl sites for hydroxylation is 3. The minimum Gasteiger partial charge on any atom is -0.310 e. The average Bonchev–Trinajstić information content (AvgIpc) is 3.17. The lowest BCUT2D eigenvalue weighted by atomic mass is 9.82. The molecule has 0 aliphatic heterocycles. The molecule has 1 aliphatic carbocycles. The molecular weight excluding hydrogens is 470 g/mol. The van der Waals surface area contributed by atoms with Crippen LogP contribution in [-0.4, -0.2) is 0 Å². The summed E-state index contributed by atoms with van der Waals surface area (Å²) in [5.41, 5.74) is 18.2. The van der Waals surface area contributed by atoms with Crippen molar-refractivity contribution < 1.29 is 0 Å². The summed E-state index contributed by atoms with van der Waals surface area (Å²) in [4.78, 5) is 2.48. The molecule has 1 heteroatoms. The zero-order valence-corrected chi connectivity index (χ0v) is 24.2. The van der Waals surface area contributed by atoms with E-state index in [1.165, 1.54) is 78.3 Å². The molecule has 0 bridgehead atoms. The van der Waals surface area contributed by atoms with Crippen LogP contribution >= 0.6 is 0 Å². The Morgan fingerprint density at radius 1 is 0.513 bits per heavy atom. The molecule has 0 fully saturated rings. The molecule has 39 heavy (non-hydrogen) atoms. The second kappa shape index (κ2) is 9.27. The molecule has 0 saturated carbocycles. The summed E-state index contributed by atoms with van der Waals surface area (Å²) in [6.45, 7) is 15.8. The highest BCUT2D eigenvalue weighted by atomic mass is 15.1. The van der Waals surface area contributed by atoms with Crippen LogP contribution in [0.4, 0.5) is 17.1 Å². The Balaban J connectivity index is 1.54. The number of hydrogen-bond acceptors (Lipinski definition) is 1. The third-order valence-corrected chi connectivity index (χ3v) is 8.89. The topological polar surface area (TPSA) is 3.24 Å². The maximum absolute atomic E-state index is 2.48. The lowest BCUT2D eigenvalue weighted by molar-refractivity contribution is 0.660. The van der Waals surface area contributed by atoms with Gasteiger partial charge in [-0.3, -0.25) is 0 Å². The summed E-state index contributed by atoms with van der Waals surface area (Å²) in [6, 6.07) is 36.1. The fraction of sp³-hybridized carbons (Fsp3) is 0.211. The van der Waals surface area contributed by atoms with E-state index in [-0.39, 0.29) is 5.41 Å². The molecule has 0 radical (unpaired) electrons. The van der Waals surface area contributed by atoms with Crippen molar-refractivity contribution in [1.29, 1.82) is 0 Å². The van der Waals surface area contributed by atoms with Gasteiger partial charge >= 0.3 is 0 Å². The number of hydrogen-bond donors (Lipinski definition) is 0. The molecule has 0 heterocycles. The van der Waals surface area contributed by atoms with Gasteiger partial charge in [-0.15, -0.1) is 0 Å². The van der Waals surface area contributed by atoms with Crippen molar-refractivity contribution in [2.45, 2.75) is 53.9 Å². The van der Waals surface area contributed by atoms with Gasteiger partial charge in [0, 0.05) is 16.8 Å². The van der Waals surface area contributed by atoms with E-state index in [4.69, 9.17) is 0 Å². The zero-order chi connectivity index (χ0) is 27.5. The Labute approximate surface area is 233 Å². The van der Waals surface area contributed by atoms with E-state index in [2.05, 4.69) is 150 Å². The third-order valence-electron chi connectivity index (χ3n) is 8.89. The first-order valence-corrected chi connectivity index (χ1v) is 14.0. The maximum Gasteiger partial charge on any atom is 0.0525 e. The molecule has 6 rings (SSSR count). The van der Waals surface area contributed by atoms with Crippen molar-refractivity contribution in [2.75, 3.05) is 4.90 Å². The molecule has 194 valence electrons. The Kier molecular flexibility index (Phi) is 5.99. The van der Waals surface area contributed by atoms with E-state index < -0.39 is 0 Å². The van der Waals surface area contributed by atoms with E-state index in [0.717, 1.165) is 0 Å². The quantitative estimate of drug-likeness (QED) is 0.234. The Bertz CT molecular complexity index is 1680. The molecule has 5 aromatic carbocycles. The molecule has 1 aliphatic rings. The van der Waals surface area contributed by atoms with Crippen LogP contribution in [0.25, 0.3) is 22.3 Å². The van der Waals surface area contributed by atoms with Gasteiger partial charge in [-0.25, -0.2) is 0 Å². The van der Waals surface area contributed by atoms with E-state index in [1.54, 1.807) is 0 Å². The monoisotopic (exact) mass is 507 g/mol. The number of anilines is 3. The fourth-order valence-corrected chi connectivity index (χ4v) is 6.32. The smallest absolute Gasteiger partial charge is 0.0525 e. The summed E-state index contributed by atoms with van der Waals surface area (Å²) in [5.74, 6) is 0. The SMILES string of the molecule is Cc1ccc(-c2ccc(N(c3ccc4c(c3)C(C)(C)c3ccccc3-4)c3c(C)c(C)cc(C)c3C)cc2)cc1. The van der Waals surface area contributed by atoms with Gasteiger partial charge in [0.15, 0.2) is 0 Å². The van der Waals surface area contributed by atoms with Crippen LogP contribution in [0.5, 0.6) is 0 Å². The van der Waals surface area contributed by atoms with Crippen LogP contribution in [-0.2, 0) is 5.41 Å². The Morgan fingerprint density at radius 2 is 1.05 bits per heavy atom. The molecule has 0 aromatic heterocycles. The average molecular weight is 508 g/mol. The van der Waals surface area contributed by atoms with E-state index >= 15 is 0 Å². The summed E-state index contributed by atoms with van der Waals surface area (Å²) in [7, 11) is 0. The van der Waals surface area contributed by atoms with Crippen LogP contribution in [0.2, 0.25) is 0 Å². The molecule has 0 saturated heterocycles. The highest BCUT2D eigenvalue weighted by molar-refractivity contribution is 5.87. The number of rotatable bonds is 4. The zero-order valence-electron chi connectivity index (χ0n) is 24.2. The van der Waals surface area contributed by atoms with Gasteiger partial charge in [0.2, 0.25) is 0 Å². The minimum absolute atomic E-state index is 0.0461. The van der Waals surface area contributed by atoms with Crippen molar-refractivity contribution in [1.82, 2.24) is 0 Å². The van der Waals surface area contributed by atoms with Crippen LogP contribution in [0, 0.1) is 34.6 Å². The lowest BCUT2D eigenvalue weighted by Crippen LogP contribution is -2.17. The molecule has 0 atom stereocenters. The summed E-state index contributed by atoms with van der Waals surface area (Å²) < 4.78 is 0. The fourth-order valence-electron chi connectivity index (χ4n) is 6.32. The second-order valence-electron chi connectivity index (χ2n) is 11.8. The standard InChI is InChI=1S/C38H37N/c1-24-12-14-29(15-13-24)30-16-18-31(19-17-30)39(37-27(4)25(2)22-26(3)28(37)5)32-20-21-34-33-10-8-9-11-35(33)38(6,7)36(34)23-32/h8-23H,1-7H3. The first-order chi connectivity index (χ1) is 18.7. The van der Waals surface area contributed by atoms with Gasteiger partial charge < -0.3 is 4.90 Å². The number of fused-ring (bicyclic) bond motifs is 3. The Hall–Kier alpha value is -4.10. The van der Waals surface area contributed by atoms with Gasteiger partial charge in [0.1, 0.15) is 0 Å². The second-order valence-corrected chi connectivity index (χ2v) is 11.8. The normalized spacial score (nSPS) is 13.2.